The molecule has 0 fully saturated rings. The third kappa shape index (κ3) is 9.80. The molecule has 262 valence electrons. The van der Waals surface area contributed by atoms with Crippen molar-refractivity contribution in [3.05, 3.63) is 93.6 Å². The molecule has 0 bridgehead atoms. The number of unbranched alkanes of at least 4 members (excludes halogenated alkanes) is 3. The Morgan fingerprint density at radius 3 is 2.63 bits per heavy atom. The number of carbonyl (C=O) groups is 1. The maximum Gasteiger partial charge on any atom is 0.414 e. The van der Waals surface area contributed by atoms with Gasteiger partial charge in [-0.05, 0) is 94.4 Å². The molecule has 2 heterocycles. The van der Waals surface area contributed by atoms with Crippen LogP contribution >= 0.6 is 35.1 Å². The summed E-state index contributed by atoms with van der Waals surface area (Å²) >= 11 is 4.67. The number of thiazole rings is 1. The molecule has 0 radical (unpaired) electrons. The number of para-hydroxylation sites is 2. The number of allylic oxidation sites excluding steroid dienone is 5. The maximum atomic E-state index is 13.5. The standard InChI is InChI=1S/C38H47N3O5S3/c1-6-7-12-25-40-30-15-8-10-17-32(30)48-34(40)23-21-28-19-20-29(36(28)39(5)37(42)44-38(2,3)4)22-24-35-41(26-13-14-27-47-46-45-43)31-16-9-11-18-33(31)49-35/h8-11,15-18,21-24H,6-7,12-14,19-20,25-27H2,1-5H3/p+1. The van der Waals surface area contributed by atoms with E-state index in [4.69, 9.17) is 9.99 Å². The molecule has 1 aliphatic carbocycles. The summed E-state index contributed by atoms with van der Waals surface area (Å²) in [6, 6.07) is 17.1. The number of fused-ring (bicyclic) bond motifs is 2. The predicted molar refractivity (Wildman–Crippen MR) is 203 cm³/mol. The van der Waals surface area contributed by atoms with Crippen molar-refractivity contribution in [3.63, 3.8) is 0 Å². The molecule has 11 heteroatoms. The highest BCUT2D eigenvalue weighted by atomic mass is 32.2. The lowest BCUT2D eigenvalue weighted by molar-refractivity contribution is -0.669. The number of aryl methyl sites for hydroxylation is 1. The molecule has 1 amide bonds. The van der Waals surface area contributed by atoms with Crippen LogP contribution in [-0.2, 0) is 20.7 Å². The van der Waals surface area contributed by atoms with E-state index in [2.05, 4.69) is 98.6 Å². The highest BCUT2D eigenvalue weighted by Gasteiger charge is 2.30. The summed E-state index contributed by atoms with van der Waals surface area (Å²) in [6.07, 6.45) is 15.5. The van der Waals surface area contributed by atoms with Crippen LogP contribution in [0.25, 0.3) is 16.3 Å². The number of hydrogen-bond donors (Lipinski definition) is 1. The Morgan fingerprint density at radius 2 is 1.84 bits per heavy atom. The van der Waals surface area contributed by atoms with E-state index < -0.39 is 5.60 Å². The fourth-order valence-corrected chi connectivity index (χ4v) is 8.67. The van der Waals surface area contributed by atoms with Gasteiger partial charge in [-0.2, -0.15) is 4.57 Å². The van der Waals surface area contributed by atoms with Crippen LogP contribution in [-0.4, -0.2) is 41.2 Å². The molecular weight excluding hydrogens is 675 g/mol. The van der Waals surface area contributed by atoms with Crippen molar-refractivity contribution in [2.45, 2.75) is 89.7 Å². The summed E-state index contributed by atoms with van der Waals surface area (Å²) in [4.78, 5) is 18.7. The minimum absolute atomic E-state index is 0.358. The number of amides is 1. The Morgan fingerprint density at radius 1 is 1.04 bits per heavy atom. The molecule has 1 aliphatic heterocycles. The lowest BCUT2D eigenvalue weighted by Gasteiger charge is -2.26. The minimum atomic E-state index is -0.601. The Hall–Kier alpha value is -3.06. The van der Waals surface area contributed by atoms with Gasteiger partial charge in [0, 0.05) is 54.8 Å². The number of aromatic nitrogens is 1. The quantitative estimate of drug-likeness (QED) is 0.0546. The summed E-state index contributed by atoms with van der Waals surface area (Å²) in [5.74, 6) is 0.716. The summed E-state index contributed by atoms with van der Waals surface area (Å²) in [6.45, 7) is 9.78. The minimum Gasteiger partial charge on any atom is -0.443 e. The molecule has 8 nitrogen and oxygen atoms in total. The first-order valence-electron chi connectivity index (χ1n) is 17.0. The van der Waals surface area contributed by atoms with E-state index in [9.17, 15) is 4.79 Å². The lowest BCUT2D eigenvalue weighted by Crippen LogP contribution is -2.35. The average Bonchev–Trinajstić information content (AvgIpc) is 3.76. The van der Waals surface area contributed by atoms with Gasteiger partial charge in [0.1, 0.15) is 10.3 Å². The SMILES string of the molecule is CCCCC[n+]1c(/C=C/C2=C(N(C)C(=O)OC(C)(C)C)C(=C/C=C3\Sc4ccccc4N3CCCCSOOO)/CC2)sc2ccccc21. The molecular formula is C38H48N3O5S3+. The van der Waals surface area contributed by atoms with Gasteiger partial charge in [-0.1, -0.05) is 71.8 Å². The van der Waals surface area contributed by atoms with Crippen molar-refractivity contribution in [1.82, 2.24) is 4.90 Å². The number of rotatable bonds is 15. The maximum absolute atomic E-state index is 13.5. The monoisotopic (exact) mass is 722 g/mol. The number of likely N-dealkylation sites (N-methyl/N-ethyl adjacent to an activating group) is 1. The van der Waals surface area contributed by atoms with Crippen LogP contribution in [0.15, 0.2) is 93.5 Å². The molecule has 5 rings (SSSR count). The van der Waals surface area contributed by atoms with Crippen LogP contribution in [0.2, 0.25) is 0 Å². The van der Waals surface area contributed by atoms with Gasteiger partial charge in [0.2, 0.25) is 5.52 Å². The van der Waals surface area contributed by atoms with Crippen molar-refractivity contribution in [1.29, 1.82) is 0 Å². The fraction of sp³-hybridized carbons (Fsp3) is 0.421. The molecule has 2 aliphatic rings. The van der Waals surface area contributed by atoms with Gasteiger partial charge in [-0.25, -0.2) is 10.1 Å². The molecule has 0 spiro atoms. The number of anilines is 1. The first kappa shape index (κ1) is 37.2. The van der Waals surface area contributed by atoms with Gasteiger partial charge < -0.3 is 9.64 Å². The zero-order valence-corrected chi connectivity index (χ0v) is 31.6. The van der Waals surface area contributed by atoms with Crippen molar-refractivity contribution in [3.8, 4) is 0 Å². The van der Waals surface area contributed by atoms with E-state index in [1.54, 1.807) is 16.7 Å². The van der Waals surface area contributed by atoms with E-state index in [1.165, 1.54) is 38.6 Å². The molecule has 0 unspecified atom stereocenters. The number of thioether (sulfide) groups is 1. The van der Waals surface area contributed by atoms with Gasteiger partial charge in [-0.15, -0.1) is 4.33 Å². The topological polar surface area (TPSA) is 75.4 Å². The zero-order chi connectivity index (χ0) is 34.8. The number of nitrogens with zero attached hydrogens (tertiary/aromatic N) is 3. The van der Waals surface area contributed by atoms with Crippen LogP contribution < -0.4 is 9.47 Å². The number of hydrogen-bond acceptors (Lipinski definition) is 9. The van der Waals surface area contributed by atoms with Crippen LogP contribution in [0, 0.1) is 0 Å². The van der Waals surface area contributed by atoms with Gasteiger partial charge in [0.15, 0.2) is 6.54 Å². The smallest absolute Gasteiger partial charge is 0.414 e. The Balaban J connectivity index is 1.46. The van der Waals surface area contributed by atoms with Crippen LogP contribution in [0.3, 0.4) is 0 Å². The highest BCUT2D eigenvalue weighted by Crippen LogP contribution is 2.46. The number of carbonyl (C=O) groups excluding carboxylic acids is 1. The summed E-state index contributed by atoms with van der Waals surface area (Å²) in [7, 11) is 1.82. The second-order valence-corrected chi connectivity index (χ2v) is 16.0. The average molecular weight is 723 g/mol. The Bertz CT molecular complexity index is 1720. The highest BCUT2D eigenvalue weighted by molar-refractivity contribution is 8.03. The third-order valence-corrected chi connectivity index (χ3v) is 11.2. The van der Waals surface area contributed by atoms with Gasteiger partial charge >= 0.3 is 6.09 Å². The molecule has 2 aromatic carbocycles. The third-order valence-electron chi connectivity index (χ3n) is 8.33. The first-order chi connectivity index (χ1) is 23.7. The van der Waals surface area contributed by atoms with Crippen molar-refractivity contribution >= 4 is 63.2 Å². The fourth-order valence-electron chi connectivity index (χ4n) is 6.05. The molecule has 1 N–H and O–H groups in total. The Kier molecular flexibility index (Phi) is 13.5. The van der Waals surface area contributed by atoms with E-state index in [1.807, 2.05) is 39.2 Å². The van der Waals surface area contributed by atoms with Crippen molar-refractivity contribution in [2.75, 3.05) is 24.2 Å². The van der Waals surface area contributed by atoms with Crippen molar-refractivity contribution in [2.24, 2.45) is 0 Å². The predicted octanol–water partition coefficient (Wildman–Crippen LogP) is 10.5. The normalized spacial score (nSPS) is 16.6. The zero-order valence-electron chi connectivity index (χ0n) is 29.1. The second kappa shape index (κ2) is 17.7. The largest absolute Gasteiger partial charge is 0.443 e. The van der Waals surface area contributed by atoms with E-state index >= 15 is 0 Å². The van der Waals surface area contributed by atoms with Gasteiger partial charge in [0.25, 0.3) is 5.01 Å². The molecule has 49 heavy (non-hydrogen) atoms. The van der Waals surface area contributed by atoms with Gasteiger partial charge in [0.05, 0.1) is 16.4 Å². The summed E-state index contributed by atoms with van der Waals surface area (Å²) < 4.78 is 14.1. The van der Waals surface area contributed by atoms with Crippen LogP contribution in [0.5, 0.6) is 0 Å². The lowest BCUT2D eigenvalue weighted by atomic mass is 10.1. The Labute approximate surface area is 303 Å². The van der Waals surface area contributed by atoms with Crippen molar-refractivity contribution < 1.29 is 28.7 Å². The summed E-state index contributed by atoms with van der Waals surface area (Å²) in [5.41, 5.74) is 5.02. The molecule has 0 saturated carbocycles. The van der Waals surface area contributed by atoms with Crippen LogP contribution in [0.1, 0.15) is 77.6 Å². The molecule has 0 saturated heterocycles. The number of ether oxygens (including phenoxy) is 1. The first-order valence-corrected chi connectivity index (χ1v) is 19.6. The molecule has 1 aromatic heterocycles. The van der Waals surface area contributed by atoms with E-state index in [0.717, 1.165) is 79.1 Å². The summed E-state index contributed by atoms with van der Waals surface area (Å²) in [5, 5.41) is 14.5. The van der Waals surface area contributed by atoms with E-state index in [-0.39, 0.29) is 6.09 Å². The number of benzene rings is 2. The second-order valence-electron chi connectivity index (χ2n) is 13.1. The molecule has 0 atom stereocenters. The van der Waals surface area contributed by atoms with Crippen LogP contribution in [0.4, 0.5) is 10.5 Å². The van der Waals surface area contributed by atoms with Gasteiger partial charge in [-0.3, -0.25) is 4.90 Å². The van der Waals surface area contributed by atoms with E-state index in [0.29, 0.717) is 5.75 Å². The molecule has 3 aromatic rings.